The molecule has 0 amide bonds. The molecule has 6 nitrogen and oxygen atoms in total. The monoisotopic (exact) mass is 375 g/mol. The minimum Gasteiger partial charge on any atom is -0.339 e. The Morgan fingerprint density at radius 3 is 2.86 bits per heavy atom. The second kappa shape index (κ2) is 7.09. The first-order valence-electron chi connectivity index (χ1n) is 10.2. The van der Waals surface area contributed by atoms with E-state index in [1.165, 1.54) is 24.1 Å². The number of rotatable bonds is 4. The van der Waals surface area contributed by atoms with Crippen LogP contribution in [0.5, 0.6) is 0 Å². The maximum atomic E-state index is 5.28. The standard InChI is InChI=1S/C22H25N5O/c1-2-19-24-18(26-28-19)14-27-12-6-10-22(15-27)11-9-17-13-23-21(25-20(17)22)16-7-4-3-5-8-16/h3-5,7-8,13H,2,6,9-12,14-15H2,1H3. The van der Waals surface area contributed by atoms with Gasteiger partial charge in [-0.15, -0.1) is 0 Å². The Hall–Kier alpha value is -2.60. The average Bonchev–Trinajstić information content (AvgIpc) is 3.34. The Bertz CT molecular complexity index is 966. The van der Waals surface area contributed by atoms with E-state index in [0.717, 1.165) is 56.1 Å². The fourth-order valence-electron chi connectivity index (χ4n) is 4.73. The van der Waals surface area contributed by atoms with Gasteiger partial charge < -0.3 is 4.52 Å². The van der Waals surface area contributed by atoms with Crippen molar-refractivity contribution in [3.63, 3.8) is 0 Å². The van der Waals surface area contributed by atoms with Crippen molar-refractivity contribution in [2.45, 2.75) is 51.0 Å². The molecule has 5 rings (SSSR count). The number of aryl methyl sites for hydroxylation is 2. The van der Waals surface area contributed by atoms with E-state index < -0.39 is 0 Å². The molecule has 2 aliphatic rings. The van der Waals surface area contributed by atoms with Crippen molar-refractivity contribution in [1.82, 2.24) is 25.0 Å². The molecule has 0 N–H and O–H groups in total. The van der Waals surface area contributed by atoms with Gasteiger partial charge in [0, 0.05) is 30.1 Å². The molecule has 1 fully saturated rings. The summed E-state index contributed by atoms with van der Waals surface area (Å²) in [7, 11) is 0. The normalized spacial score (nSPS) is 21.9. The Morgan fingerprint density at radius 1 is 1.14 bits per heavy atom. The topological polar surface area (TPSA) is 67.9 Å². The van der Waals surface area contributed by atoms with E-state index in [4.69, 9.17) is 9.51 Å². The third-order valence-corrected chi connectivity index (χ3v) is 6.11. The summed E-state index contributed by atoms with van der Waals surface area (Å²) in [6, 6.07) is 10.3. The van der Waals surface area contributed by atoms with Crippen LogP contribution in [-0.4, -0.2) is 38.1 Å². The summed E-state index contributed by atoms with van der Waals surface area (Å²) < 4.78 is 5.28. The van der Waals surface area contributed by atoms with Gasteiger partial charge in [0.05, 0.1) is 12.2 Å². The number of nitrogens with zero attached hydrogens (tertiary/aromatic N) is 5. The lowest BCUT2D eigenvalue weighted by Gasteiger charge is -2.40. The van der Waals surface area contributed by atoms with Gasteiger partial charge in [-0.2, -0.15) is 4.98 Å². The molecule has 0 radical (unpaired) electrons. The quantitative estimate of drug-likeness (QED) is 0.694. The lowest BCUT2D eigenvalue weighted by Crippen LogP contribution is -2.45. The molecule has 6 heteroatoms. The molecule has 144 valence electrons. The lowest BCUT2D eigenvalue weighted by atomic mass is 9.77. The van der Waals surface area contributed by atoms with Gasteiger partial charge in [-0.1, -0.05) is 42.4 Å². The van der Waals surface area contributed by atoms with Gasteiger partial charge in [0.2, 0.25) is 5.89 Å². The first-order chi connectivity index (χ1) is 13.8. The molecule has 1 aromatic carbocycles. The van der Waals surface area contributed by atoms with Crippen molar-refractivity contribution in [2.24, 2.45) is 0 Å². The van der Waals surface area contributed by atoms with E-state index in [2.05, 4.69) is 32.2 Å². The lowest BCUT2D eigenvalue weighted by molar-refractivity contribution is 0.133. The van der Waals surface area contributed by atoms with Crippen molar-refractivity contribution < 1.29 is 4.52 Å². The second-order valence-electron chi connectivity index (χ2n) is 7.99. The van der Waals surface area contributed by atoms with Crippen LogP contribution >= 0.6 is 0 Å². The van der Waals surface area contributed by atoms with Crippen molar-refractivity contribution >= 4 is 0 Å². The Kier molecular flexibility index (Phi) is 4.43. The van der Waals surface area contributed by atoms with Gasteiger partial charge >= 0.3 is 0 Å². The number of hydrogen-bond donors (Lipinski definition) is 0. The van der Waals surface area contributed by atoms with Crippen LogP contribution < -0.4 is 0 Å². The van der Waals surface area contributed by atoms with Crippen LogP contribution in [0, 0.1) is 0 Å². The molecule has 3 heterocycles. The highest BCUT2D eigenvalue weighted by molar-refractivity contribution is 5.55. The summed E-state index contributed by atoms with van der Waals surface area (Å²) in [5.41, 5.74) is 3.78. The van der Waals surface area contributed by atoms with E-state index >= 15 is 0 Å². The van der Waals surface area contributed by atoms with Crippen LogP contribution in [0.4, 0.5) is 0 Å². The maximum Gasteiger partial charge on any atom is 0.226 e. The van der Waals surface area contributed by atoms with E-state index in [1.54, 1.807) is 0 Å². The third kappa shape index (κ3) is 3.11. The summed E-state index contributed by atoms with van der Waals surface area (Å²) in [5.74, 6) is 2.34. The van der Waals surface area contributed by atoms with Crippen LogP contribution in [0.25, 0.3) is 11.4 Å². The fraction of sp³-hybridized carbons (Fsp3) is 0.455. The van der Waals surface area contributed by atoms with Crippen LogP contribution in [0.15, 0.2) is 41.1 Å². The molecule has 1 spiro atoms. The van der Waals surface area contributed by atoms with Gasteiger partial charge in [0.1, 0.15) is 0 Å². The van der Waals surface area contributed by atoms with Crippen LogP contribution in [-0.2, 0) is 24.8 Å². The van der Waals surface area contributed by atoms with E-state index in [-0.39, 0.29) is 5.41 Å². The molecule has 1 saturated heterocycles. The number of aromatic nitrogens is 4. The smallest absolute Gasteiger partial charge is 0.226 e. The predicted octanol–water partition coefficient (Wildman–Crippen LogP) is 3.57. The summed E-state index contributed by atoms with van der Waals surface area (Å²) in [6.45, 7) is 4.86. The molecular weight excluding hydrogens is 350 g/mol. The number of hydrogen-bond acceptors (Lipinski definition) is 6. The van der Waals surface area contributed by atoms with Crippen LogP contribution in [0.1, 0.15) is 49.2 Å². The van der Waals surface area contributed by atoms with E-state index in [0.29, 0.717) is 5.89 Å². The summed E-state index contributed by atoms with van der Waals surface area (Å²) >= 11 is 0. The predicted molar refractivity (Wildman–Crippen MR) is 106 cm³/mol. The Balaban J connectivity index is 1.41. The maximum absolute atomic E-state index is 5.28. The highest BCUT2D eigenvalue weighted by Crippen LogP contribution is 2.44. The van der Waals surface area contributed by atoms with Crippen molar-refractivity contribution in [1.29, 1.82) is 0 Å². The molecule has 3 aromatic rings. The molecule has 28 heavy (non-hydrogen) atoms. The SMILES string of the molecule is CCc1nc(CN2CCCC3(CCc4cnc(-c5ccccc5)nc43)C2)no1. The number of fused-ring (bicyclic) bond motifs is 2. The Morgan fingerprint density at radius 2 is 2.04 bits per heavy atom. The Labute approximate surface area is 165 Å². The van der Waals surface area contributed by atoms with Gasteiger partial charge in [0.15, 0.2) is 11.6 Å². The largest absolute Gasteiger partial charge is 0.339 e. The van der Waals surface area contributed by atoms with Gasteiger partial charge in [-0.05, 0) is 37.8 Å². The molecule has 0 bridgehead atoms. The fourth-order valence-corrected chi connectivity index (χ4v) is 4.73. The highest BCUT2D eigenvalue weighted by Gasteiger charge is 2.43. The summed E-state index contributed by atoms with van der Waals surface area (Å²) in [5, 5.41) is 4.14. The zero-order valence-corrected chi connectivity index (χ0v) is 16.3. The molecule has 1 aliphatic heterocycles. The zero-order valence-electron chi connectivity index (χ0n) is 16.3. The molecule has 1 unspecified atom stereocenters. The summed E-state index contributed by atoms with van der Waals surface area (Å²) in [4.78, 5) is 16.7. The van der Waals surface area contributed by atoms with Crippen molar-refractivity contribution in [2.75, 3.05) is 13.1 Å². The van der Waals surface area contributed by atoms with Crippen molar-refractivity contribution in [3.8, 4) is 11.4 Å². The first-order valence-corrected chi connectivity index (χ1v) is 10.2. The molecular formula is C22H25N5O. The van der Waals surface area contributed by atoms with Crippen molar-refractivity contribution in [3.05, 3.63) is 59.5 Å². The molecule has 2 aromatic heterocycles. The van der Waals surface area contributed by atoms with Crippen LogP contribution in [0.2, 0.25) is 0 Å². The van der Waals surface area contributed by atoms with E-state index in [1.807, 2.05) is 31.3 Å². The van der Waals surface area contributed by atoms with Gasteiger partial charge in [-0.3, -0.25) is 4.90 Å². The number of likely N-dealkylation sites (tertiary alicyclic amines) is 1. The number of piperidine rings is 1. The first kappa shape index (κ1) is 17.5. The average molecular weight is 375 g/mol. The van der Waals surface area contributed by atoms with Gasteiger partial charge in [0.25, 0.3) is 0 Å². The zero-order chi connectivity index (χ0) is 19.0. The molecule has 1 aliphatic carbocycles. The second-order valence-corrected chi connectivity index (χ2v) is 7.99. The molecule has 0 saturated carbocycles. The van der Waals surface area contributed by atoms with Crippen LogP contribution in [0.3, 0.4) is 0 Å². The number of benzene rings is 1. The van der Waals surface area contributed by atoms with Gasteiger partial charge in [-0.25, -0.2) is 9.97 Å². The minimum atomic E-state index is 0.122. The van der Waals surface area contributed by atoms with E-state index in [9.17, 15) is 0 Å². The highest BCUT2D eigenvalue weighted by atomic mass is 16.5. The minimum absolute atomic E-state index is 0.122. The molecule has 1 atom stereocenters. The summed E-state index contributed by atoms with van der Waals surface area (Å²) in [6.07, 6.45) is 7.41. The third-order valence-electron chi connectivity index (χ3n) is 6.11.